The minimum Gasteiger partial charge on any atom is -0.493 e. The summed E-state index contributed by atoms with van der Waals surface area (Å²) in [5.74, 6) is 0.280. The zero-order valence-electron chi connectivity index (χ0n) is 15.2. The number of aliphatic hydroxyl groups is 1. The number of carbonyl (C=O) groups is 1. The van der Waals surface area contributed by atoms with E-state index in [1.165, 1.54) is 0 Å². The average Bonchev–Trinajstić information content (AvgIpc) is 2.57. The number of likely N-dealkylation sites (tertiary alicyclic amines) is 1. The lowest BCUT2D eigenvalue weighted by atomic mass is 9.91. The maximum atomic E-state index is 11.1. The Balaban J connectivity index is 2.05. The zero-order chi connectivity index (χ0) is 18.4. The maximum Gasteiger partial charge on any atom is 0.335 e. The van der Waals surface area contributed by atoms with Crippen LogP contribution in [0.1, 0.15) is 18.4 Å². The summed E-state index contributed by atoms with van der Waals surface area (Å²) in [5, 5.41) is 19.2. The number of rotatable bonds is 8. The molecule has 1 heterocycles. The van der Waals surface area contributed by atoms with Crippen molar-refractivity contribution in [2.24, 2.45) is 0 Å². The Morgan fingerprint density at radius 3 is 2.56 bits per heavy atom. The number of piperidine rings is 1. The molecule has 0 saturated carbocycles. The molecule has 1 aromatic rings. The topological polar surface area (TPSA) is 82.5 Å². The van der Waals surface area contributed by atoms with E-state index in [1.807, 2.05) is 37.2 Å². The smallest absolute Gasteiger partial charge is 0.335 e. The van der Waals surface area contributed by atoms with Crippen LogP contribution in [0.25, 0.3) is 0 Å². The van der Waals surface area contributed by atoms with Gasteiger partial charge >= 0.3 is 5.97 Å². The van der Waals surface area contributed by atoms with E-state index in [4.69, 9.17) is 14.6 Å². The number of nitrogens with zero attached hydrogens (tertiary/aromatic N) is 2. The van der Waals surface area contributed by atoms with Crippen molar-refractivity contribution in [3.63, 3.8) is 0 Å². The Bertz CT molecular complexity index is 583. The fourth-order valence-electron chi connectivity index (χ4n) is 2.88. The van der Waals surface area contributed by atoms with Gasteiger partial charge in [0.2, 0.25) is 0 Å². The molecule has 2 N–H and O–H groups in total. The molecule has 7 heteroatoms. The van der Waals surface area contributed by atoms with Gasteiger partial charge in [-0.1, -0.05) is 12.1 Å². The highest BCUT2D eigenvalue weighted by molar-refractivity contribution is 5.77. The molecule has 1 saturated heterocycles. The van der Waals surface area contributed by atoms with E-state index in [0.717, 1.165) is 17.9 Å². The van der Waals surface area contributed by atoms with E-state index in [9.17, 15) is 9.90 Å². The van der Waals surface area contributed by atoms with Gasteiger partial charge in [0.15, 0.2) is 17.1 Å². The van der Waals surface area contributed by atoms with Crippen LogP contribution in [0.2, 0.25) is 0 Å². The van der Waals surface area contributed by atoms with Crippen molar-refractivity contribution in [2.45, 2.75) is 25.0 Å². The average molecular weight is 352 g/mol. The van der Waals surface area contributed by atoms with Crippen LogP contribution in [-0.2, 0) is 11.3 Å². The Morgan fingerprint density at radius 1 is 1.32 bits per heavy atom. The molecule has 0 amide bonds. The van der Waals surface area contributed by atoms with E-state index in [2.05, 4.69) is 4.90 Å². The van der Waals surface area contributed by atoms with Crippen molar-refractivity contribution in [3.05, 3.63) is 23.8 Å². The summed E-state index contributed by atoms with van der Waals surface area (Å²) in [6, 6.07) is 5.78. The lowest BCUT2D eigenvalue weighted by Gasteiger charge is -2.35. The van der Waals surface area contributed by atoms with Gasteiger partial charge in [0, 0.05) is 31.7 Å². The number of likely N-dealkylation sites (N-methyl/N-ethyl adjacent to an activating group) is 1. The van der Waals surface area contributed by atoms with E-state index >= 15 is 0 Å². The van der Waals surface area contributed by atoms with Crippen molar-refractivity contribution in [1.29, 1.82) is 0 Å². The number of hydrogen-bond donors (Lipinski definition) is 2. The van der Waals surface area contributed by atoms with Crippen LogP contribution in [0.5, 0.6) is 11.5 Å². The fraction of sp³-hybridized carbons (Fsp3) is 0.611. The SMILES string of the molecule is COc1cccc(CN2CCC(O)(C(=O)O)CC2)c1OCCN(C)C. The van der Waals surface area contributed by atoms with Crippen molar-refractivity contribution < 1.29 is 24.5 Å². The summed E-state index contributed by atoms with van der Waals surface area (Å²) < 4.78 is 11.4. The molecule has 1 aliphatic rings. The Morgan fingerprint density at radius 2 is 2.00 bits per heavy atom. The first-order chi connectivity index (χ1) is 11.9. The number of carboxylic acid groups (broad SMARTS) is 1. The molecule has 140 valence electrons. The van der Waals surface area contributed by atoms with Crippen molar-refractivity contribution in [2.75, 3.05) is 47.4 Å². The quantitative estimate of drug-likeness (QED) is 0.723. The summed E-state index contributed by atoms with van der Waals surface area (Å²) in [6.45, 7) is 3.03. The predicted molar refractivity (Wildman–Crippen MR) is 94.1 cm³/mol. The molecular formula is C18H28N2O5. The first-order valence-corrected chi connectivity index (χ1v) is 8.47. The van der Waals surface area contributed by atoms with E-state index in [0.29, 0.717) is 32.0 Å². The molecule has 1 aliphatic heterocycles. The zero-order valence-corrected chi connectivity index (χ0v) is 15.2. The van der Waals surface area contributed by atoms with Crippen LogP contribution in [0, 0.1) is 0 Å². The second kappa shape index (κ2) is 8.51. The highest BCUT2D eigenvalue weighted by Crippen LogP contribution is 2.33. The highest BCUT2D eigenvalue weighted by Gasteiger charge is 2.39. The fourth-order valence-corrected chi connectivity index (χ4v) is 2.88. The number of benzene rings is 1. The summed E-state index contributed by atoms with van der Waals surface area (Å²) in [4.78, 5) is 15.3. The third-order valence-electron chi connectivity index (χ3n) is 4.54. The van der Waals surface area contributed by atoms with Gasteiger partial charge in [-0.15, -0.1) is 0 Å². The van der Waals surface area contributed by atoms with Crippen molar-refractivity contribution >= 4 is 5.97 Å². The van der Waals surface area contributed by atoms with Gasteiger partial charge in [-0.05, 0) is 33.0 Å². The molecule has 2 rings (SSSR count). The van der Waals surface area contributed by atoms with Crippen LogP contribution >= 0.6 is 0 Å². The third kappa shape index (κ3) is 5.07. The first-order valence-electron chi connectivity index (χ1n) is 8.47. The summed E-state index contributed by atoms with van der Waals surface area (Å²) in [7, 11) is 5.60. The van der Waals surface area contributed by atoms with E-state index < -0.39 is 11.6 Å². The molecule has 0 atom stereocenters. The van der Waals surface area contributed by atoms with Crippen LogP contribution < -0.4 is 9.47 Å². The van der Waals surface area contributed by atoms with Crippen LogP contribution in [0.4, 0.5) is 0 Å². The number of carboxylic acids is 1. The Hall–Kier alpha value is -1.83. The largest absolute Gasteiger partial charge is 0.493 e. The van der Waals surface area contributed by atoms with Crippen LogP contribution in [0.3, 0.4) is 0 Å². The molecule has 0 aromatic heterocycles. The minimum absolute atomic E-state index is 0.225. The van der Waals surface area contributed by atoms with Gasteiger partial charge in [-0.3, -0.25) is 4.90 Å². The molecule has 0 unspecified atom stereocenters. The number of hydrogen-bond acceptors (Lipinski definition) is 6. The molecule has 0 bridgehead atoms. The lowest BCUT2D eigenvalue weighted by molar-refractivity contribution is -0.163. The van der Waals surface area contributed by atoms with Crippen LogP contribution in [0.15, 0.2) is 18.2 Å². The summed E-state index contributed by atoms with van der Waals surface area (Å²) in [6.07, 6.45) is 0.451. The van der Waals surface area contributed by atoms with Gasteiger partial charge in [0.25, 0.3) is 0 Å². The van der Waals surface area contributed by atoms with Gasteiger partial charge in [0.1, 0.15) is 6.61 Å². The number of para-hydroxylation sites is 1. The normalized spacial score (nSPS) is 17.5. The van der Waals surface area contributed by atoms with E-state index in [-0.39, 0.29) is 12.8 Å². The highest BCUT2D eigenvalue weighted by atomic mass is 16.5. The van der Waals surface area contributed by atoms with Gasteiger partial charge in [0.05, 0.1) is 7.11 Å². The molecule has 25 heavy (non-hydrogen) atoms. The summed E-state index contributed by atoms with van der Waals surface area (Å²) in [5.41, 5.74) is -0.602. The molecular weight excluding hydrogens is 324 g/mol. The molecule has 0 radical (unpaired) electrons. The molecule has 1 fully saturated rings. The Labute approximate surface area is 148 Å². The van der Waals surface area contributed by atoms with Gasteiger partial charge < -0.3 is 24.6 Å². The monoisotopic (exact) mass is 352 g/mol. The third-order valence-corrected chi connectivity index (χ3v) is 4.54. The van der Waals surface area contributed by atoms with Gasteiger partial charge in [-0.25, -0.2) is 4.79 Å². The number of methoxy groups -OCH3 is 1. The molecule has 7 nitrogen and oxygen atoms in total. The molecule has 0 spiro atoms. The van der Waals surface area contributed by atoms with Gasteiger partial charge in [-0.2, -0.15) is 0 Å². The van der Waals surface area contributed by atoms with E-state index in [1.54, 1.807) is 7.11 Å². The minimum atomic E-state index is -1.60. The predicted octanol–water partition coefficient (Wildman–Crippen LogP) is 1.05. The second-order valence-electron chi connectivity index (χ2n) is 6.71. The van der Waals surface area contributed by atoms with Crippen molar-refractivity contribution in [3.8, 4) is 11.5 Å². The first kappa shape index (κ1) is 19.5. The number of ether oxygens (including phenoxy) is 2. The standard InChI is InChI=1S/C18H28N2O5/c1-19(2)11-12-25-16-14(5-4-6-15(16)24-3)13-20-9-7-18(23,8-10-20)17(21)22/h4-6,23H,7-13H2,1-3H3,(H,21,22). The maximum absolute atomic E-state index is 11.1. The van der Waals surface area contributed by atoms with Crippen molar-refractivity contribution in [1.82, 2.24) is 9.80 Å². The molecule has 1 aromatic carbocycles. The van der Waals surface area contributed by atoms with Crippen LogP contribution in [-0.4, -0.2) is 79.0 Å². The second-order valence-corrected chi connectivity index (χ2v) is 6.71. The number of aliphatic carboxylic acids is 1. The summed E-state index contributed by atoms with van der Waals surface area (Å²) >= 11 is 0. The molecule has 0 aliphatic carbocycles. The lowest BCUT2D eigenvalue weighted by Crippen LogP contribution is -2.49. The Kier molecular flexibility index (Phi) is 6.64.